The van der Waals surface area contributed by atoms with Crippen LogP contribution in [0.3, 0.4) is 0 Å². The maximum absolute atomic E-state index is 13.5. The van der Waals surface area contributed by atoms with Gasteiger partial charge in [0.05, 0.1) is 23.9 Å². The van der Waals surface area contributed by atoms with Crippen molar-refractivity contribution in [2.75, 3.05) is 18.0 Å². The van der Waals surface area contributed by atoms with Crippen LogP contribution in [0.15, 0.2) is 112 Å². The van der Waals surface area contributed by atoms with Crippen molar-refractivity contribution in [2.45, 2.75) is 31.3 Å². The van der Waals surface area contributed by atoms with Gasteiger partial charge in [-0.05, 0) is 77.2 Å². The Labute approximate surface area is 255 Å². The maximum Gasteiger partial charge on any atom is 0.264 e. The molecule has 0 aliphatic rings. The van der Waals surface area contributed by atoms with Crippen molar-refractivity contribution in [3.63, 3.8) is 0 Å². The van der Waals surface area contributed by atoms with Crippen molar-refractivity contribution in [3.8, 4) is 11.5 Å². The molecule has 8 nitrogen and oxygen atoms in total. The summed E-state index contributed by atoms with van der Waals surface area (Å²) in [7, 11) is -2.47. The van der Waals surface area contributed by atoms with Crippen molar-refractivity contribution in [2.24, 2.45) is 5.10 Å². The highest BCUT2D eigenvalue weighted by Crippen LogP contribution is 2.29. The molecule has 0 unspecified atom stereocenters. The lowest BCUT2D eigenvalue weighted by Gasteiger charge is -2.24. The third kappa shape index (κ3) is 7.98. The molecular formula is C32H32BrN3O5S. The molecular weight excluding hydrogens is 618 g/mol. The number of halogens is 1. The lowest BCUT2D eigenvalue weighted by Crippen LogP contribution is -2.39. The number of hydrogen-bond acceptors (Lipinski definition) is 6. The molecule has 10 heteroatoms. The first-order valence-electron chi connectivity index (χ1n) is 13.2. The number of nitrogens with zero attached hydrogens (tertiary/aromatic N) is 2. The van der Waals surface area contributed by atoms with Crippen molar-refractivity contribution in [1.82, 2.24) is 5.43 Å². The smallest absolute Gasteiger partial charge is 0.264 e. The largest absolute Gasteiger partial charge is 0.493 e. The van der Waals surface area contributed by atoms with E-state index in [4.69, 9.17) is 9.47 Å². The topological polar surface area (TPSA) is 97.3 Å². The van der Waals surface area contributed by atoms with Crippen LogP contribution in [0.5, 0.6) is 11.5 Å². The second-order valence-corrected chi connectivity index (χ2v) is 12.5. The average molecular weight is 651 g/mol. The standard InChI is InChI=1S/C32H32BrN3O5S/c1-23(2)26-12-16-28(17-13-26)36(42(38,39)29-7-5-4-6-8-29)21-32(37)35-34-20-25-11-18-30(31(19-25)40-3)41-22-24-9-14-27(33)15-10-24/h4-20,23H,21-22H2,1-3H3,(H,35,37)/b34-20+. The number of hydrogen-bond donors (Lipinski definition) is 1. The number of nitrogens with one attached hydrogen (secondary N) is 1. The van der Waals surface area contributed by atoms with Crippen LogP contribution in [0, 0.1) is 0 Å². The predicted molar refractivity (Wildman–Crippen MR) is 169 cm³/mol. The fraction of sp³-hybridized carbons (Fsp3) is 0.188. The van der Waals surface area contributed by atoms with Crippen molar-refractivity contribution >= 4 is 43.8 Å². The third-order valence-electron chi connectivity index (χ3n) is 6.36. The molecule has 4 aromatic carbocycles. The van der Waals surface area contributed by atoms with E-state index in [1.54, 1.807) is 55.6 Å². The van der Waals surface area contributed by atoms with E-state index in [1.807, 2.05) is 36.4 Å². The molecule has 218 valence electrons. The van der Waals surface area contributed by atoms with E-state index >= 15 is 0 Å². The molecule has 0 aromatic heterocycles. The molecule has 4 aromatic rings. The Morgan fingerprint density at radius 3 is 2.29 bits per heavy atom. The second-order valence-electron chi connectivity index (χ2n) is 9.69. The van der Waals surface area contributed by atoms with Gasteiger partial charge in [0.15, 0.2) is 11.5 Å². The number of benzene rings is 4. The number of amides is 1. The summed E-state index contributed by atoms with van der Waals surface area (Å²) in [6, 6.07) is 28.3. The van der Waals surface area contributed by atoms with Crippen LogP contribution in [-0.4, -0.2) is 34.2 Å². The summed E-state index contributed by atoms with van der Waals surface area (Å²) in [5.74, 6) is 0.751. The van der Waals surface area contributed by atoms with Gasteiger partial charge in [0.2, 0.25) is 0 Å². The molecule has 0 spiro atoms. The van der Waals surface area contributed by atoms with Crippen LogP contribution in [0.25, 0.3) is 0 Å². The molecule has 1 N–H and O–H groups in total. The van der Waals surface area contributed by atoms with Gasteiger partial charge in [0, 0.05) is 4.47 Å². The van der Waals surface area contributed by atoms with E-state index in [1.165, 1.54) is 18.3 Å². The number of carbonyl (C=O) groups is 1. The first kappa shape index (κ1) is 30.8. The molecule has 0 aliphatic carbocycles. The zero-order valence-electron chi connectivity index (χ0n) is 23.5. The van der Waals surface area contributed by atoms with Crippen LogP contribution in [-0.2, 0) is 21.4 Å². The molecule has 0 saturated heterocycles. The minimum absolute atomic E-state index is 0.0868. The first-order valence-corrected chi connectivity index (χ1v) is 15.5. The van der Waals surface area contributed by atoms with Crippen LogP contribution in [0.1, 0.15) is 36.5 Å². The van der Waals surface area contributed by atoms with E-state index < -0.39 is 22.5 Å². The Hall–Kier alpha value is -4.15. The SMILES string of the molecule is COc1cc(/C=N/NC(=O)CN(c2ccc(C(C)C)cc2)S(=O)(=O)c2ccccc2)ccc1OCc1ccc(Br)cc1. The third-order valence-corrected chi connectivity index (χ3v) is 8.68. The molecule has 0 saturated carbocycles. The zero-order chi connectivity index (χ0) is 30.1. The summed E-state index contributed by atoms with van der Waals surface area (Å²) in [5.41, 5.74) is 5.54. The number of methoxy groups -OCH3 is 1. The van der Waals surface area contributed by atoms with Gasteiger partial charge in [0.25, 0.3) is 15.9 Å². The lowest BCUT2D eigenvalue weighted by atomic mass is 10.0. The van der Waals surface area contributed by atoms with Crippen molar-refractivity contribution in [1.29, 1.82) is 0 Å². The number of ether oxygens (including phenoxy) is 2. The maximum atomic E-state index is 13.5. The fourth-order valence-electron chi connectivity index (χ4n) is 4.03. The number of hydrazone groups is 1. The molecule has 1 amide bonds. The fourth-order valence-corrected chi connectivity index (χ4v) is 5.74. The monoisotopic (exact) mass is 649 g/mol. The summed E-state index contributed by atoms with van der Waals surface area (Å²) in [6.45, 7) is 4.02. The van der Waals surface area contributed by atoms with Gasteiger partial charge in [0.1, 0.15) is 13.2 Å². The second kappa shape index (κ2) is 14.2. The van der Waals surface area contributed by atoms with E-state index in [-0.39, 0.29) is 10.8 Å². The minimum atomic E-state index is -4.01. The summed E-state index contributed by atoms with van der Waals surface area (Å²) in [4.78, 5) is 13.0. The van der Waals surface area contributed by atoms with Crippen LogP contribution in [0.2, 0.25) is 0 Å². The van der Waals surface area contributed by atoms with E-state index in [0.29, 0.717) is 29.4 Å². The number of rotatable bonds is 12. The Bertz CT molecular complexity index is 1630. The van der Waals surface area contributed by atoms with Crippen LogP contribution in [0.4, 0.5) is 5.69 Å². The van der Waals surface area contributed by atoms with Crippen LogP contribution >= 0.6 is 15.9 Å². The van der Waals surface area contributed by atoms with Gasteiger partial charge in [-0.25, -0.2) is 13.8 Å². The quantitative estimate of drug-likeness (QED) is 0.139. The molecule has 42 heavy (non-hydrogen) atoms. The molecule has 0 heterocycles. The predicted octanol–water partition coefficient (Wildman–Crippen LogP) is 6.51. The number of anilines is 1. The summed E-state index contributed by atoms with van der Waals surface area (Å²) in [5, 5.41) is 4.04. The summed E-state index contributed by atoms with van der Waals surface area (Å²) in [6.07, 6.45) is 1.45. The normalized spacial score (nSPS) is 11.5. The van der Waals surface area contributed by atoms with E-state index in [9.17, 15) is 13.2 Å². The Morgan fingerprint density at radius 1 is 0.952 bits per heavy atom. The van der Waals surface area contributed by atoms with Gasteiger partial charge in [-0.15, -0.1) is 0 Å². The average Bonchev–Trinajstić information content (AvgIpc) is 3.00. The Kier molecular flexibility index (Phi) is 10.4. The van der Waals surface area contributed by atoms with Gasteiger partial charge >= 0.3 is 0 Å². The number of sulfonamides is 1. The van der Waals surface area contributed by atoms with Gasteiger partial charge < -0.3 is 9.47 Å². The summed E-state index contributed by atoms with van der Waals surface area (Å²) < 4.78 is 40.5. The molecule has 0 atom stereocenters. The van der Waals surface area contributed by atoms with E-state index in [2.05, 4.69) is 40.3 Å². The molecule has 4 rings (SSSR count). The Morgan fingerprint density at radius 2 is 1.64 bits per heavy atom. The van der Waals surface area contributed by atoms with Gasteiger partial charge in [-0.1, -0.05) is 72.2 Å². The van der Waals surface area contributed by atoms with Gasteiger partial charge in [-0.3, -0.25) is 9.10 Å². The number of carbonyl (C=O) groups excluding carboxylic acids is 1. The molecule has 0 aliphatic heterocycles. The minimum Gasteiger partial charge on any atom is -0.493 e. The first-order chi connectivity index (χ1) is 20.2. The highest BCUT2D eigenvalue weighted by molar-refractivity contribution is 9.10. The van der Waals surface area contributed by atoms with Crippen LogP contribution < -0.4 is 19.2 Å². The Balaban J connectivity index is 1.45. The molecule has 0 fully saturated rings. The van der Waals surface area contributed by atoms with Crippen molar-refractivity contribution < 1.29 is 22.7 Å². The summed E-state index contributed by atoms with van der Waals surface area (Å²) >= 11 is 3.42. The molecule has 0 radical (unpaired) electrons. The zero-order valence-corrected chi connectivity index (χ0v) is 25.9. The molecule has 0 bridgehead atoms. The van der Waals surface area contributed by atoms with Gasteiger partial charge in [-0.2, -0.15) is 5.10 Å². The highest BCUT2D eigenvalue weighted by Gasteiger charge is 2.27. The van der Waals surface area contributed by atoms with E-state index in [0.717, 1.165) is 19.9 Å². The van der Waals surface area contributed by atoms with Crippen molar-refractivity contribution in [3.05, 3.63) is 118 Å². The highest BCUT2D eigenvalue weighted by atomic mass is 79.9. The lowest BCUT2D eigenvalue weighted by molar-refractivity contribution is -0.119.